The van der Waals surface area contributed by atoms with Crippen molar-refractivity contribution in [2.45, 2.75) is 79.1 Å². The van der Waals surface area contributed by atoms with Crippen LogP contribution in [0, 0.1) is 13.8 Å². The van der Waals surface area contributed by atoms with Gasteiger partial charge in [0.15, 0.2) is 0 Å². The third-order valence-corrected chi connectivity index (χ3v) is 5.69. The molecule has 1 fully saturated rings. The summed E-state index contributed by atoms with van der Waals surface area (Å²) in [5.74, 6) is 1.88. The number of hydrogen-bond acceptors (Lipinski definition) is 5. The van der Waals surface area contributed by atoms with Crippen LogP contribution < -0.4 is 9.47 Å². The van der Waals surface area contributed by atoms with Crippen molar-refractivity contribution in [1.29, 1.82) is 0 Å². The monoisotopic (exact) mass is 467 g/mol. The Morgan fingerprint density at radius 3 is 2.15 bits per heavy atom. The highest BCUT2D eigenvalue weighted by molar-refractivity contribution is 5.79. The molecule has 0 atom stereocenters. The van der Waals surface area contributed by atoms with Crippen LogP contribution in [0.1, 0.15) is 68.7 Å². The first kappa shape index (κ1) is 27.5. The number of aryl methyl sites for hydroxylation is 2. The maximum absolute atomic E-state index is 6.41. The van der Waals surface area contributed by atoms with Crippen LogP contribution in [0.4, 0.5) is 0 Å². The molecular formula is C29H41NO4. The molecule has 5 nitrogen and oxygen atoms in total. The van der Waals surface area contributed by atoms with E-state index in [9.17, 15) is 0 Å². The van der Waals surface area contributed by atoms with Crippen molar-refractivity contribution in [1.82, 2.24) is 0 Å². The summed E-state index contributed by atoms with van der Waals surface area (Å²) in [6, 6.07) is 12.3. The number of rotatable bonds is 10. The third kappa shape index (κ3) is 8.86. The molecule has 0 amide bonds. The molecule has 3 rings (SSSR count). The number of hydrogen-bond donors (Lipinski definition) is 0. The Kier molecular flexibility index (Phi) is 12.3. The maximum Gasteiger partial charge on any atom is 0.125 e. The highest BCUT2D eigenvalue weighted by Gasteiger charge is 2.24. The van der Waals surface area contributed by atoms with Crippen LogP contribution in [-0.4, -0.2) is 32.1 Å². The minimum Gasteiger partial charge on any atom is -0.490 e. The van der Waals surface area contributed by atoms with E-state index in [0.29, 0.717) is 13.2 Å². The van der Waals surface area contributed by atoms with E-state index in [1.165, 1.54) is 5.56 Å². The lowest BCUT2D eigenvalue weighted by Gasteiger charge is -2.30. The van der Waals surface area contributed by atoms with Crippen LogP contribution in [-0.2, 0) is 16.2 Å². The van der Waals surface area contributed by atoms with Crippen LogP contribution >= 0.6 is 0 Å². The Morgan fingerprint density at radius 2 is 1.56 bits per heavy atom. The quantitative estimate of drug-likeness (QED) is 0.211. The zero-order valence-corrected chi connectivity index (χ0v) is 21.7. The Morgan fingerprint density at radius 1 is 0.941 bits per heavy atom. The standard InChI is InChI=1S/C27H35NO4.C2H6/c1-5-6-15-30-26-16-20(2)27(21(3)17-26)32-25-13-11-24(12-14-25)31-19-23-9-7-22(8-10-23)18-28-29-4;1-2/h5-10,16-18,24-25H,11-15,19H2,1-4H3;1-2H3/b6-5+,28-18-;. The van der Waals surface area contributed by atoms with Gasteiger partial charge in [0.2, 0.25) is 0 Å². The highest BCUT2D eigenvalue weighted by Crippen LogP contribution is 2.32. The zero-order valence-electron chi connectivity index (χ0n) is 21.7. The van der Waals surface area contributed by atoms with Gasteiger partial charge in [-0.25, -0.2) is 0 Å². The van der Waals surface area contributed by atoms with E-state index in [1.807, 2.05) is 45.1 Å². The summed E-state index contributed by atoms with van der Waals surface area (Å²) in [7, 11) is 1.54. The Hall–Kier alpha value is -2.79. The van der Waals surface area contributed by atoms with Crippen molar-refractivity contribution in [2.75, 3.05) is 13.7 Å². The smallest absolute Gasteiger partial charge is 0.125 e. The van der Waals surface area contributed by atoms with Crippen LogP contribution in [0.5, 0.6) is 11.5 Å². The average molecular weight is 468 g/mol. The van der Waals surface area contributed by atoms with E-state index in [4.69, 9.17) is 19.0 Å². The molecule has 0 aromatic heterocycles. The van der Waals surface area contributed by atoms with E-state index in [2.05, 4.69) is 43.3 Å². The molecule has 0 saturated heterocycles. The molecule has 5 heteroatoms. The molecule has 186 valence electrons. The lowest BCUT2D eigenvalue weighted by atomic mass is 9.94. The first-order chi connectivity index (χ1) is 16.6. The number of allylic oxidation sites excluding steroid dienone is 1. The minimum atomic E-state index is 0.237. The fourth-order valence-corrected chi connectivity index (χ4v) is 3.93. The van der Waals surface area contributed by atoms with E-state index in [0.717, 1.165) is 53.9 Å². The van der Waals surface area contributed by atoms with Gasteiger partial charge >= 0.3 is 0 Å². The van der Waals surface area contributed by atoms with Gasteiger partial charge in [0.25, 0.3) is 0 Å². The molecule has 0 N–H and O–H groups in total. The molecule has 0 aliphatic heterocycles. The summed E-state index contributed by atoms with van der Waals surface area (Å²) >= 11 is 0. The fourth-order valence-electron chi connectivity index (χ4n) is 3.93. The second kappa shape index (κ2) is 15.2. The van der Waals surface area contributed by atoms with Gasteiger partial charge in [-0.3, -0.25) is 0 Å². The number of nitrogens with zero attached hydrogens (tertiary/aromatic N) is 1. The van der Waals surface area contributed by atoms with Crippen molar-refractivity contribution in [2.24, 2.45) is 5.16 Å². The van der Waals surface area contributed by atoms with E-state index in [1.54, 1.807) is 13.3 Å². The van der Waals surface area contributed by atoms with Crippen molar-refractivity contribution in [3.63, 3.8) is 0 Å². The van der Waals surface area contributed by atoms with E-state index in [-0.39, 0.29) is 12.2 Å². The zero-order chi connectivity index (χ0) is 24.8. The molecule has 0 spiro atoms. The Labute approximate surface area is 205 Å². The molecule has 0 radical (unpaired) electrons. The van der Waals surface area contributed by atoms with Crippen molar-refractivity contribution < 1.29 is 19.0 Å². The summed E-state index contributed by atoms with van der Waals surface area (Å²) in [6.45, 7) is 11.4. The number of ether oxygens (including phenoxy) is 3. The predicted molar refractivity (Wildman–Crippen MR) is 140 cm³/mol. The molecule has 0 heterocycles. The van der Waals surface area contributed by atoms with Crippen molar-refractivity contribution >= 4 is 6.21 Å². The second-order valence-corrected chi connectivity index (χ2v) is 8.25. The molecule has 1 aliphatic rings. The molecule has 2 aromatic rings. The van der Waals surface area contributed by atoms with Gasteiger partial charge in [-0.2, -0.15) is 0 Å². The largest absolute Gasteiger partial charge is 0.490 e. The fraction of sp³-hybridized carbons (Fsp3) is 0.483. The van der Waals surface area contributed by atoms with Crippen LogP contribution in [0.2, 0.25) is 0 Å². The van der Waals surface area contributed by atoms with Gasteiger partial charge in [0.1, 0.15) is 25.2 Å². The maximum atomic E-state index is 6.41. The lowest BCUT2D eigenvalue weighted by Crippen LogP contribution is -2.28. The third-order valence-electron chi connectivity index (χ3n) is 5.69. The summed E-state index contributed by atoms with van der Waals surface area (Å²) in [5, 5.41) is 3.78. The normalized spacial score (nSPS) is 17.9. The molecule has 34 heavy (non-hydrogen) atoms. The molecule has 2 aromatic carbocycles. The summed E-state index contributed by atoms with van der Waals surface area (Å²) in [6.07, 6.45) is 10.3. The van der Waals surface area contributed by atoms with Crippen molar-refractivity contribution in [3.8, 4) is 11.5 Å². The van der Waals surface area contributed by atoms with Gasteiger partial charge in [0, 0.05) is 0 Å². The Balaban J connectivity index is 0.00000199. The van der Waals surface area contributed by atoms with E-state index >= 15 is 0 Å². The molecular weight excluding hydrogens is 426 g/mol. The summed E-state index contributed by atoms with van der Waals surface area (Å²) in [5.41, 5.74) is 4.42. The summed E-state index contributed by atoms with van der Waals surface area (Å²) < 4.78 is 18.4. The molecule has 1 saturated carbocycles. The number of benzene rings is 2. The van der Waals surface area contributed by atoms with E-state index < -0.39 is 0 Å². The average Bonchev–Trinajstić information content (AvgIpc) is 2.86. The molecule has 0 unspecified atom stereocenters. The Bertz CT molecular complexity index is 874. The second-order valence-electron chi connectivity index (χ2n) is 8.25. The van der Waals surface area contributed by atoms with Crippen LogP contribution in [0.25, 0.3) is 0 Å². The van der Waals surface area contributed by atoms with Gasteiger partial charge in [-0.05, 0) is 80.8 Å². The number of oxime groups is 1. The van der Waals surface area contributed by atoms with Crippen molar-refractivity contribution in [3.05, 3.63) is 70.8 Å². The lowest BCUT2D eigenvalue weighted by molar-refractivity contribution is -0.00682. The SMILES string of the molecule is C/C=C/COc1cc(C)c(OC2CCC(OCc3ccc(/C=N\OC)cc3)CC2)c(C)c1.CC. The highest BCUT2D eigenvalue weighted by atomic mass is 16.6. The van der Waals surface area contributed by atoms with Gasteiger partial charge in [0.05, 0.1) is 25.0 Å². The van der Waals surface area contributed by atoms with Crippen LogP contribution in [0.3, 0.4) is 0 Å². The van der Waals surface area contributed by atoms with Crippen LogP contribution in [0.15, 0.2) is 53.7 Å². The topological polar surface area (TPSA) is 49.3 Å². The molecule has 0 bridgehead atoms. The van der Waals surface area contributed by atoms with Gasteiger partial charge in [-0.15, -0.1) is 0 Å². The summed E-state index contributed by atoms with van der Waals surface area (Å²) in [4.78, 5) is 4.71. The molecule has 1 aliphatic carbocycles. The first-order valence-corrected chi connectivity index (χ1v) is 12.4. The van der Waals surface area contributed by atoms with Gasteiger partial charge < -0.3 is 19.0 Å². The minimum absolute atomic E-state index is 0.237. The van der Waals surface area contributed by atoms with Gasteiger partial charge in [-0.1, -0.05) is 55.4 Å². The predicted octanol–water partition coefficient (Wildman–Crippen LogP) is 7.17. The first-order valence-electron chi connectivity index (χ1n) is 12.4.